The van der Waals surface area contributed by atoms with Gasteiger partial charge in [-0.1, -0.05) is 25.3 Å². The van der Waals surface area contributed by atoms with E-state index in [1.807, 2.05) is 24.0 Å². The van der Waals surface area contributed by atoms with Crippen molar-refractivity contribution in [3.05, 3.63) is 24.3 Å². The van der Waals surface area contributed by atoms with Gasteiger partial charge in [0.15, 0.2) is 0 Å². The van der Waals surface area contributed by atoms with E-state index in [4.69, 9.17) is 4.74 Å². The molecule has 1 aliphatic heterocycles. The molecule has 0 amide bonds. The molecular weight excluding hydrogens is 288 g/mol. The molecule has 0 aromatic carbocycles. The second-order valence-corrected chi connectivity index (χ2v) is 7.60. The largest absolute Gasteiger partial charge is 0.462 e. The molecule has 2 saturated carbocycles. The maximum absolute atomic E-state index is 12.3. The number of rotatable bonds is 2. The van der Waals surface area contributed by atoms with Crippen molar-refractivity contribution in [1.29, 1.82) is 0 Å². The number of carbonyl (C=O) groups is 1. The number of esters is 1. The van der Waals surface area contributed by atoms with Gasteiger partial charge in [0.05, 0.1) is 5.92 Å². The Morgan fingerprint density at radius 3 is 2.96 bits per heavy atom. The Balaban J connectivity index is 1.66. The van der Waals surface area contributed by atoms with Gasteiger partial charge in [-0.25, -0.2) is 4.98 Å². The lowest BCUT2D eigenvalue weighted by Gasteiger charge is -2.45. The van der Waals surface area contributed by atoms with Gasteiger partial charge < -0.3 is 9.30 Å². The molecule has 0 radical (unpaired) electrons. The number of cyclic esters (lactones) is 1. The molecular formula is C19H26N2O2. The second kappa shape index (κ2) is 5.81. The van der Waals surface area contributed by atoms with E-state index < -0.39 is 0 Å². The van der Waals surface area contributed by atoms with Crippen molar-refractivity contribution in [3.63, 3.8) is 0 Å². The van der Waals surface area contributed by atoms with E-state index in [0.29, 0.717) is 23.7 Å². The number of carbonyl (C=O) groups excluding carboxylic acids is 1. The smallest absolute Gasteiger partial charge is 0.309 e. The molecule has 3 fully saturated rings. The number of hydrogen-bond acceptors (Lipinski definition) is 3. The summed E-state index contributed by atoms with van der Waals surface area (Å²) in [6, 6.07) is 0. The summed E-state index contributed by atoms with van der Waals surface area (Å²) in [7, 11) is 2.02. The predicted molar refractivity (Wildman–Crippen MR) is 88.3 cm³/mol. The van der Waals surface area contributed by atoms with Crippen LogP contribution >= 0.6 is 0 Å². The van der Waals surface area contributed by atoms with E-state index in [1.54, 1.807) is 0 Å². The van der Waals surface area contributed by atoms with Crippen LogP contribution in [0, 0.1) is 29.6 Å². The molecule has 0 unspecified atom stereocenters. The van der Waals surface area contributed by atoms with Crippen molar-refractivity contribution in [1.82, 2.24) is 9.55 Å². The minimum atomic E-state index is 0.0434. The first-order valence-corrected chi connectivity index (χ1v) is 9.01. The third-order valence-electron chi connectivity index (χ3n) is 6.40. The van der Waals surface area contributed by atoms with Crippen LogP contribution in [0.1, 0.15) is 44.9 Å². The molecule has 1 saturated heterocycles. The highest BCUT2D eigenvalue weighted by Gasteiger charge is 2.53. The van der Waals surface area contributed by atoms with Crippen LogP contribution in [0.4, 0.5) is 0 Å². The minimum Gasteiger partial charge on any atom is -0.462 e. The van der Waals surface area contributed by atoms with Crippen LogP contribution in [-0.4, -0.2) is 21.6 Å². The predicted octanol–water partition coefficient (Wildman–Crippen LogP) is 3.44. The molecule has 1 aromatic heterocycles. The van der Waals surface area contributed by atoms with Crippen LogP contribution in [0.2, 0.25) is 0 Å². The molecule has 1 aromatic rings. The zero-order chi connectivity index (χ0) is 16.0. The first kappa shape index (κ1) is 15.0. The molecule has 0 spiro atoms. The standard InChI is InChI=1S/C19H26N2O2/c1-12-18-15(7-8-17-20-9-10-21(17)2)14-6-4-3-5-13(14)11-16(18)19(22)23-12/h7-10,12-16,18H,3-6,11H2,1-2H3/b8-7-/t12-,13+,14-,15+,16-,18+/m0/s1. The van der Waals surface area contributed by atoms with Gasteiger partial charge in [0, 0.05) is 25.4 Å². The molecule has 124 valence electrons. The highest BCUT2D eigenvalue weighted by atomic mass is 16.6. The number of nitrogens with zero attached hydrogens (tertiary/aromatic N) is 2. The van der Waals surface area contributed by atoms with Gasteiger partial charge in [-0.05, 0) is 43.6 Å². The van der Waals surface area contributed by atoms with Crippen LogP contribution in [0.15, 0.2) is 18.5 Å². The van der Waals surface area contributed by atoms with Crippen LogP contribution in [0.5, 0.6) is 0 Å². The van der Waals surface area contributed by atoms with Crippen molar-refractivity contribution in [2.24, 2.45) is 36.6 Å². The van der Waals surface area contributed by atoms with E-state index in [-0.39, 0.29) is 18.0 Å². The van der Waals surface area contributed by atoms with Gasteiger partial charge in [-0.15, -0.1) is 0 Å². The lowest BCUT2D eigenvalue weighted by Crippen LogP contribution is -2.42. The zero-order valence-corrected chi connectivity index (χ0v) is 14.0. The molecule has 2 aliphatic carbocycles. The summed E-state index contributed by atoms with van der Waals surface area (Å²) in [5.41, 5.74) is 0. The number of imidazole rings is 1. The van der Waals surface area contributed by atoms with E-state index in [2.05, 4.69) is 24.1 Å². The normalized spacial score (nSPS) is 40.0. The van der Waals surface area contributed by atoms with Crippen molar-refractivity contribution < 1.29 is 9.53 Å². The lowest BCUT2D eigenvalue weighted by atomic mass is 9.57. The summed E-state index contributed by atoms with van der Waals surface area (Å²) in [6.07, 6.45) is 14.6. The molecule has 4 rings (SSSR count). The van der Waals surface area contributed by atoms with Crippen molar-refractivity contribution >= 4 is 12.0 Å². The number of allylic oxidation sites excluding steroid dienone is 1. The molecule has 0 bridgehead atoms. The highest BCUT2D eigenvalue weighted by Crippen LogP contribution is 2.53. The van der Waals surface area contributed by atoms with Gasteiger partial charge in [0.1, 0.15) is 11.9 Å². The number of ether oxygens (including phenoxy) is 1. The van der Waals surface area contributed by atoms with Crippen molar-refractivity contribution in [2.45, 2.75) is 45.1 Å². The Kier molecular flexibility index (Phi) is 3.78. The van der Waals surface area contributed by atoms with Crippen molar-refractivity contribution in [2.75, 3.05) is 0 Å². The Hall–Kier alpha value is -1.58. The summed E-state index contributed by atoms with van der Waals surface area (Å²) in [5, 5.41) is 0. The monoisotopic (exact) mass is 314 g/mol. The first-order valence-electron chi connectivity index (χ1n) is 9.01. The van der Waals surface area contributed by atoms with Crippen LogP contribution < -0.4 is 0 Å². The molecule has 4 heteroatoms. The van der Waals surface area contributed by atoms with Gasteiger partial charge in [0.25, 0.3) is 0 Å². The average molecular weight is 314 g/mol. The van der Waals surface area contributed by atoms with E-state index in [0.717, 1.165) is 12.2 Å². The molecule has 2 heterocycles. The third-order valence-corrected chi connectivity index (χ3v) is 6.40. The fourth-order valence-corrected chi connectivity index (χ4v) is 5.32. The number of fused-ring (bicyclic) bond motifs is 2. The van der Waals surface area contributed by atoms with Gasteiger partial charge in [0.2, 0.25) is 0 Å². The average Bonchev–Trinajstić information content (AvgIpc) is 3.08. The molecule has 23 heavy (non-hydrogen) atoms. The first-order chi connectivity index (χ1) is 11.1. The highest BCUT2D eigenvalue weighted by molar-refractivity contribution is 5.75. The second-order valence-electron chi connectivity index (χ2n) is 7.60. The molecule has 6 atom stereocenters. The van der Waals surface area contributed by atoms with Gasteiger partial charge in [-0.3, -0.25) is 4.79 Å². The number of aryl methyl sites for hydroxylation is 1. The van der Waals surface area contributed by atoms with E-state index in [9.17, 15) is 4.79 Å². The molecule has 0 N–H and O–H groups in total. The van der Waals surface area contributed by atoms with Crippen LogP contribution in [0.25, 0.3) is 6.08 Å². The van der Waals surface area contributed by atoms with Gasteiger partial charge >= 0.3 is 5.97 Å². The maximum atomic E-state index is 12.3. The lowest BCUT2D eigenvalue weighted by molar-refractivity contribution is -0.144. The Morgan fingerprint density at radius 1 is 1.35 bits per heavy atom. The Labute approximate surface area is 137 Å². The van der Waals surface area contributed by atoms with E-state index in [1.165, 1.54) is 25.7 Å². The zero-order valence-electron chi connectivity index (χ0n) is 14.0. The summed E-state index contributed by atoms with van der Waals surface area (Å²) in [5.74, 6) is 3.33. The van der Waals surface area contributed by atoms with E-state index >= 15 is 0 Å². The fourth-order valence-electron chi connectivity index (χ4n) is 5.32. The summed E-state index contributed by atoms with van der Waals surface area (Å²) in [4.78, 5) is 16.7. The molecule has 3 aliphatic rings. The van der Waals surface area contributed by atoms with Gasteiger partial charge in [-0.2, -0.15) is 0 Å². The van der Waals surface area contributed by atoms with Crippen LogP contribution in [0.3, 0.4) is 0 Å². The Morgan fingerprint density at radius 2 is 2.17 bits per heavy atom. The maximum Gasteiger partial charge on any atom is 0.309 e. The summed E-state index contributed by atoms with van der Waals surface area (Å²) >= 11 is 0. The summed E-state index contributed by atoms with van der Waals surface area (Å²) in [6.45, 7) is 2.08. The Bertz CT molecular complexity index is 621. The van der Waals surface area contributed by atoms with Crippen LogP contribution in [-0.2, 0) is 16.6 Å². The number of hydrogen-bond donors (Lipinski definition) is 0. The topological polar surface area (TPSA) is 44.1 Å². The molecule has 4 nitrogen and oxygen atoms in total. The fraction of sp³-hybridized carbons (Fsp3) is 0.684. The third kappa shape index (κ3) is 2.52. The SMILES string of the molecule is C[C@@H]1OC(=O)[C@H]2C[C@H]3CCCC[C@@H]3[C@@H](/C=C\c3nccn3C)[C@@H]12. The summed E-state index contributed by atoms with van der Waals surface area (Å²) < 4.78 is 7.65. The number of aromatic nitrogens is 2. The van der Waals surface area contributed by atoms with Crippen molar-refractivity contribution in [3.8, 4) is 0 Å². The quantitative estimate of drug-likeness (QED) is 0.786. The minimum absolute atomic E-state index is 0.0434.